The molecule has 0 atom stereocenters. The second-order valence-corrected chi connectivity index (χ2v) is 6.14. The van der Waals surface area contributed by atoms with Crippen LogP contribution in [0.4, 0.5) is 0 Å². The van der Waals surface area contributed by atoms with E-state index in [-0.39, 0.29) is 0 Å². The van der Waals surface area contributed by atoms with Crippen LogP contribution in [-0.2, 0) is 6.54 Å². The molecule has 100 valence electrons. The van der Waals surface area contributed by atoms with Gasteiger partial charge in [0.2, 0.25) is 0 Å². The zero-order valence-corrected chi connectivity index (χ0v) is 12.7. The van der Waals surface area contributed by atoms with Crippen molar-refractivity contribution in [3.8, 4) is 5.75 Å². The maximum absolute atomic E-state index is 9.87. The molecule has 1 heterocycles. The molecule has 3 nitrogen and oxygen atoms in total. The van der Waals surface area contributed by atoms with E-state index in [0.29, 0.717) is 11.8 Å². The van der Waals surface area contributed by atoms with E-state index in [1.54, 1.807) is 6.07 Å². The van der Waals surface area contributed by atoms with Crippen molar-refractivity contribution in [2.75, 3.05) is 27.2 Å². The lowest BCUT2D eigenvalue weighted by molar-refractivity contribution is 0.138. The number of nitrogens with zero attached hydrogens (tertiary/aromatic N) is 2. The quantitative estimate of drug-likeness (QED) is 0.929. The zero-order valence-electron chi connectivity index (χ0n) is 11.1. The summed E-state index contributed by atoms with van der Waals surface area (Å²) in [5.74, 6) is 0.387. The number of piperidine rings is 1. The number of halogens is 1. The van der Waals surface area contributed by atoms with Gasteiger partial charge in [-0.2, -0.15) is 0 Å². The predicted octanol–water partition coefficient (Wildman–Crippen LogP) is 2.68. The van der Waals surface area contributed by atoms with Crippen LogP contribution in [0.1, 0.15) is 18.4 Å². The Morgan fingerprint density at radius 3 is 2.72 bits per heavy atom. The maximum atomic E-state index is 9.87. The zero-order chi connectivity index (χ0) is 13.1. The lowest BCUT2D eigenvalue weighted by Crippen LogP contribution is -2.41. The molecule has 0 radical (unpaired) electrons. The van der Waals surface area contributed by atoms with Gasteiger partial charge in [0.1, 0.15) is 5.75 Å². The third-order valence-corrected chi connectivity index (χ3v) is 4.27. The molecule has 1 saturated heterocycles. The van der Waals surface area contributed by atoms with Crippen LogP contribution in [-0.4, -0.2) is 48.1 Å². The Morgan fingerprint density at radius 2 is 2.06 bits per heavy atom. The highest BCUT2D eigenvalue weighted by Crippen LogP contribution is 2.25. The van der Waals surface area contributed by atoms with Gasteiger partial charge in [-0.1, -0.05) is 15.9 Å². The highest BCUT2D eigenvalue weighted by molar-refractivity contribution is 9.10. The van der Waals surface area contributed by atoms with Crippen LogP contribution >= 0.6 is 15.9 Å². The minimum absolute atomic E-state index is 0.387. The Morgan fingerprint density at radius 1 is 1.39 bits per heavy atom. The monoisotopic (exact) mass is 312 g/mol. The summed E-state index contributed by atoms with van der Waals surface area (Å²) in [5, 5.41) is 9.87. The molecule has 0 saturated carbocycles. The van der Waals surface area contributed by atoms with Crippen LogP contribution in [0, 0.1) is 0 Å². The number of hydrogen-bond acceptors (Lipinski definition) is 3. The first-order chi connectivity index (χ1) is 8.56. The third-order valence-electron chi connectivity index (χ3n) is 3.77. The third kappa shape index (κ3) is 3.46. The number of phenols is 1. The molecule has 0 spiro atoms. The van der Waals surface area contributed by atoms with Crippen molar-refractivity contribution < 1.29 is 5.11 Å². The molecule has 0 aliphatic carbocycles. The highest BCUT2D eigenvalue weighted by Gasteiger charge is 2.21. The Hall–Kier alpha value is -0.580. The van der Waals surface area contributed by atoms with Gasteiger partial charge in [-0.25, -0.2) is 0 Å². The van der Waals surface area contributed by atoms with E-state index >= 15 is 0 Å². The number of benzene rings is 1. The standard InChI is InChI=1S/C14H21BrN2O/c1-16-7-5-13(6-8-16)17(2)10-11-9-12(15)3-4-14(11)18/h3-4,9,13,18H,5-8,10H2,1-2H3. The Labute approximate surface area is 118 Å². The maximum Gasteiger partial charge on any atom is 0.120 e. The van der Waals surface area contributed by atoms with E-state index in [9.17, 15) is 5.11 Å². The molecule has 1 fully saturated rings. The molecule has 2 rings (SSSR count). The van der Waals surface area contributed by atoms with Gasteiger partial charge in [-0.3, -0.25) is 4.90 Å². The molecule has 0 amide bonds. The van der Waals surface area contributed by atoms with Gasteiger partial charge in [0.15, 0.2) is 0 Å². The molecule has 4 heteroatoms. The molecule has 0 bridgehead atoms. The lowest BCUT2D eigenvalue weighted by atomic mass is 10.0. The van der Waals surface area contributed by atoms with Gasteiger partial charge < -0.3 is 10.0 Å². The summed E-state index contributed by atoms with van der Waals surface area (Å²) in [6.07, 6.45) is 2.42. The highest BCUT2D eigenvalue weighted by atomic mass is 79.9. The fourth-order valence-electron chi connectivity index (χ4n) is 2.51. The van der Waals surface area contributed by atoms with E-state index in [1.807, 2.05) is 12.1 Å². The van der Waals surface area contributed by atoms with Crippen molar-refractivity contribution in [3.05, 3.63) is 28.2 Å². The summed E-state index contributed by atoms with van der Waals surface area (Å²) >= 11 is 3.45. The average Bonchev–Trinajstić information content (AvgIpc) is 2.34. The minimum Gasteiger partial charge on any atom is -0.508 e. The molecular formula is C14H21BrN2O. The van der Waals surface area contributed by atoms with E-state index in [1.165, 1.54) is 25.9 Å². The molecule has 0 unspecified atom stereocenters. The van der Waals surface area contributed by atoms with Crippen molar-refractivity contribution in [2.45, 2.75) is 25.4 Å². The number of hydrogen-bond donors (Lipinski definition) is 1. The normalized spacial score (nSPS) is 18.4. The van der Waals surface area contributed by atoms with Crippen LogP contribution in [0.25, 0.3) is 0 Å². The van der Waals surface area contributed by atoms with Gasteiger partial charge >= 0.3 is 0 Å². The summed E-state index contributed by atoms with van der Waals surface area (Å²) in [5.41, 5.74) is 0.991. The summed E-state index contributed by atoms with van der Waals surface area (Å²) < 4.78 is 1.02. The van der Waals surface area contributed by atoms with Crippen LogP contribution < -0.4 is 0 Å². The van der Waals surface area contributed by atoms with Crippen LogP contribution in [0.15, 0.2) is 22.7 Å². The Balaban J connectivity index is 1.98. The summed E-state index contributed by atoms with van der Waals surface area (Å²) in [4.78, 5) is 4.73. The second kappa shape index (κ2) is 6.04. The van der Waals surface area contributed by atoms with Gasteiger partial charge in [0.05, 0.1) is 0 Å². The lowest BCUT2D eigenvalue weighted by Gasteiger charge is -2.35. The fraction of sp³-hybridized carbons (Fsp3) is 0.571. The van der Waals surface area contributed by atoms with E-state index < -0.39 is 0 Å². The van der Waals surface area contributed by atoms with Gasteiger partial charge in [-0.15, -0.1) is 0 Å². The van der Waals surface area contributed by atoms with Crippen molar-refractivity contribution in [1.29, 1.82) is 0 Å². The first-order valence-corrected chi connectivity index (χ1v) is 7.21. The first kappa shape index (κ1) is 13.8. The average molecular weight is 313 g/mol. The number of rotatable bonds is 3. The van der Waals surface area contributed by atoms with E-state index in [4.69, 9.17) is 0 Å². The molecule has 1 aromatic carbocycles. The number of likely N-dealkylation sites (tertiary alicyclic amines) is 1. The summed E-state index contributed by atoms with van der Waals surface area (Å²) in [6, 6.07) is 6.25. The largest absolute Gasteiger partial charge is 0.508 e. The van der Waals surface area contributed by atoms with Crippen molar-refractivity contribution in [1.82, 2.24) is 9.80 Å². The summed E-state index contributed by atoms with van der Waals surface area (Å²) in [7, 11) is 4.33. The first-order valence-electron chi connectivity index (χ1n) is 6.42. The molecule has 1 aliphatic rings. The molecule has 18 heavy (non-hydrogen) atoms. The number of aromatic hydroxyl groups is 1. The van der Waals surface area contributed by atoms with E-state index in [2.05, 4.69) is 39.8 Å². The van der Waals surface area contributed by atoms with Gasteiger partial charge in [0.25, 0.3) is 0 Å². The Bertz CT molecular complexity index is 403. The van der Waals surface area contributed by atoms with Crippen molar-refractivity contribution in [3.63, 3.8) is 0 Å². The minimum atomic E-state index is 0.387. The van der Waals surface area contributed by atoms with Crippen LogP contribution in [0.3, 0.4) is 0 Å². The Kier molecular flexibility index (Phi) is 4.65. The molecular weight excluding hydrogens is 292 g/mol. The fourth-order valence-corrected chi connectivity index (χ4v) is 2.92. The van der Waals surface area contributed by atoms with Crippen LogP contribution in [0.2, 0.25) is 0 Å². The molecule has 1 N–H and O–H groups in total. The summed E-state index contributed by atoms with van der Waals surface area (Å²) in [6.45, 7) is 3.14. The van der Waals surface area contributed by atoms with Crippen molar-refractivity contribution >= 4 is 15.9 Å². The van der Waals surface area contributed by atoms with E-state index in [0.717, 1.165) is 16.6 Å². The molecule has 1 aliphatic heterocycles. The smallest absolute Gasteiger partial charge is 0.120 e. The van der Waals surface area contributed by atoms with Crippen LogP contribution in [0.5, 0.6) is 5.75 Å². The number of phenolic OH excluding ortho intramolecular Hbond substituents is 1. The van der Waals surface area contributed by atoms with Gasteiger partial charge in [-0.05, 0) is 58.2 Å². The predicted molar refractivity (Wildman–Crippen MR) is 77.8 cm³/mol. The molecule has 1 aromatic rings. The van der Waals surface area contributed by atoms with Gasteiger partial charge in [0, 0.05) is 22.6 Å². The van der Waals surface area contributed by atoms with Crippen molar-refractivity contribution in [2.24, 2.45) is 0 Å². The topological polar surface area (TPSA) is 26.7 Å². The molecule has 0 aromatic heterocycles. The second-order valence-electron chi connectivity index (χ2n) is 5.22. The SMILES string of the molecule is CN1CCC(N(C)Cc2cc(Br)ccc2O)CC1.